The summed E-state index contributed by atoms with van der Waals surface area (Å²) in [5.41, 5.74) is 3.86. The summed E-state index contributed by atoms with van der Waals surface area (Å²) in [4.78, 5) is 44.4. The van der Waals surface area contributed by atoms with E-state index in [1.807, 2.05) is 0 Å². The van der Waals surface area contributed by atoms with Crippen LogP contribution < -0.4 is 16.4 Å². The van der Waals surface area contributed by atoms with Crippen LogP contribution in [0, 0.1) is 0 Å². The molecule has 21 heavy (non-hydrogen) atoms. The van der Waals surface area contributed by atoms with Gasteiger partial charge in [0.2, 0.25) is 11.8 Å². The zero-order valence-corrected chi connectivity index (χ0v) is 12.4. The van der Waals surface area contributed by atoms with Crippen molar-refractivity contribution in [2.75, 3.05) is 12.3 Å². The van der Waals surface area contributed by atoms with Crippen LogP contribution in [0.5, 0.6) is 0 Å². The van der Waals surface area contributed by atoms with Gasteiger partial charge in [-0.05, 0) is 13.3 Å². The number of rotatable bonds is 9. The van der Waals surface area contributed by atoms with Crippen molar-refractivity contribution in [2.24, 2.45) is 5.73 Å². The fraction of sp³-hybridized carbons (Fsp3) is 0.636. The van der Waals surface area contributed by atoms with E-state index in [0.717, 1.165) is 0 Å². The van der Waals surface area contributed by atoms with Gasteiger partial charge < -0.3 is 26.6 Å². The Kier molecular flexibility index (Phi) is 7.74. The largest absolute Gasteiger partial charge is 0.480 e. The van der Waals surface area contributed by atoms with Gasteiger partial charge in [0.15, 0.2) is 0 Å². The minimum Gasteiger partial charge on any atom is -0.480 e. The van der Waals surface area contributed by atoms with Crippen LogP contribution in [0.4, 0.5) is 0 Å². The molecule has 0 rings (SSSR count). The highest BCUT2D eigenvalue weighted by atomic mass is 32.1. The molecule has 0 fully saturated rings. The van der Waals surface area contributed by atoms with Crippen LogP contribution in [-0.2, 0) is 19.2 Å². The Labute approximate surface area is 126 Å². The monoisotopic (exact) mass is 321 g/mol. The van der Waals surface area contributed by atoms with E-state index >= 15 is 0 Å². The van der Waals surface area contributed by atoms with Gasteiger partial charge in [0, 0.05) is 12.2 Å². The fourth-order valence-electron chi connectivity index (χ4n) is 1.30. The van der Waals surface area contributed by atoms with Gasteiger partial charge in [-0.3, -0.25) is 19.2 Å². The lowest BCUT2D eigenvalue weighted by atomic mass is 10.0. The second-order valence-electron chi connectivity index (χ2n) is 4.60. The first kappa shape index (κ1) is 19.2. The summed E-state index contributed by atoms with van der Waals surface area (Å²) in [5.74, 6) is -3.78. The molecule has 10 heteroatoms. The smallest absolute Gasteiger partial charge is 0.322 e. The Balaban J connectivity index is 4.51. The van der Waals surface area contributed by atoms with Crippen molar-refractivity contribution >= 4 is 36.4 Å². The van der Waals surface area contributed by atoms with E-state index in [2.05, 4.69) is 23.3 Å². The second-order valence-corrected chi connectivity index (χ2v) is 4.91. The normalized spacial score (nSPS) is 14.6. The summed E-state index contributed by atoms with van der Waals surface area (Å²) < 4.78 is 0. The lowest BCUT2D eigenvalue weighted by molar-refractivity contribution is -0.139. The minimum atomic E-state index is -1.40. The maximum absolute atomic E-state index is 11.8. The van der Waals surface area contributed by atoms with Crippen LogP contribution in [0.2, 0.25) is 0 Å². The molecule has 0 saturated heterocycles. The van der Waals surface area contributed by atoms with Gasteiger partial charge in [-0.1, -0.05) is 0 Å². The molecule has 2 atom stereocenters. The number of carbonyl (C=O) groups is 4. The summed E-state index contributed by atoms with van der Waals surface area (Å²) in [6, 6.07) is -1.17. The van der Waals surface area contributed by atoms with Gasteiger partial charge in [-0.25, -0.2) is 0 Å². The molecule has 0 aromatic rings. The molecule has 120 valence electrons. The summed E-state index contributed by atoms with van der Waals surface area (Å²) in [6.45, 7) is 0.800. The number of hydrogen-bond acceptors (Lipinski definition) is 6. The van der Waals surface area contributed by atoms with Crippen molar-refractivity contribution in [3.8, 4) is 0 Å². The zero-order valence-electron chi connectivity index (χ0n) is 11.5. The number of carboxylic acids is 2. The zero-order chi connectivity index (χ0) is 16.6. The number of nitrogens with two attached hydrogens (primary N) is 1. The average molecular weight is 321 g/mol. The molecule has 0 heterocycles. The first-order valence-corrected chi connectivity index (χ1v) is 6.66. The third-order valence-corrected chi connectivity index (χ3v) is 3.26. The van der Waals surface area contributed by atoms with E-state index < -0.39 is 41.9 Å². The van der Waals surface area contributed by atoms with Crippen molar-refractivity contribution in [1.82, 2.24) is 10.6 Å². The molecule has 0 aromatic heterocycles. The van der Waals surface area contributed by atoms with Crippen LogP contribution in [0.1, 0.15) is 19.8 Å². The quantitative estimate of drug-likeness (QED) is 0.273. The Morgan fingerprint density at radius 2 is 1.86 bits per heavy atom. The predicted octanol–water partition coefficient (Wildman–Crippen LogP) is -1.82. The summed E-state index contributed by atoms with van der Waals surface area (Å²) in [6.07, 6.45) is -0.260. The molecule has 9 nitrogen and oxygen atoms in total. The number of amides is 2. The lowest BCUT2D eigenvalue weighted by Crippen LogP contribution is -2.58. The third-order valence-electron chi connectivity index (χ3n) is 2.63. The SMILES string of the molecule is C[C@@](CS)(NC(=O)CC[C@H](N)C(=O)O)C(=O)NCC(=O)O. The van der Waals surface area contributed by atoms with E-state index in [4.69, 9.17) is 15.9 Å². The number of aliphatic carboxylic acids is 2. The summed E-state index contributed by atoms with van der Waals surface area (Å²) in [5, 5.41) is 21.6. The highest BCUT2D eigenvalue weighted by Crippen LogP contribution is 2.08. The molecule has 0 aliphatic carbocycles. The molecule has 0 unspecified atom stereocenters. The Bertz CT molecular complexity index is 430. The first-order valence-electron chi connectivity index (χ1n) is 6.02. The van der Waals surface area contributed by atoms with Gasteiger partial charge in [-0.2, -0.15) is 12.6 Å². The van der Waals surface area contributed by atoms with Crippen molar-refractivity contribution in [3.05, 3.63) is 0 Å². The number of carbonyl (C=O) groups excluding carboxylic acids is 2. The standard InChI is InChI=1S/C11H19N3O6S/c1-11(5-21,10(20)13-4-8(16)17)14-7(15)3-2-6(12)9(18)19/h6,21H,2-5,12H2,1H3,(H,13,20)(H,14,15)(H,16,17)(H,18,19)/t6-,11-/m0/s1. The van der Waals surface area contributed by atoms with E-state index in [9.17, 15) is 19.2 Å². The molecular weight excluding hydrogens is 302 g/mol. The lowest BCUT2D eigenvalue weighted by Gasteiger charge is -2.27. The van der Waals surface area contributed by atoms with E-state index in [1.165, 1.54) is 6.92 Å². The number of hydrogen-bond donors (Lipinski definition) is 6. The Hall–Kier alpha value is -1.81. The van der Waals surface area contributed by atoms with Crippen molar-refractivity contribution in [3.63, 3.8) is 0 Å². The van der Waals surface area contributed by atoms with E-state index in [0.29, 0.717) is 0 Å². The second kappa shape index (κ2) is 8.47. The van der Waals surface area contributed by atoms with Crippen LogP contribution >= 0.6 is 12.6 Å². The van der Waals surface area contributed by atoms with Crippen LogP contribution in [-0.4, -0.2) is 57.8 Å². The molecule has 0 radical (unpaired) electrons. The fourth-order valence-corrected chi connectivity index (χ4v) is 1.52. The maximum Gasteiger partial charge on any atom is 0.322 e. The highest BCUT2D eigenvalue weighted by Gasteiger charge is 2.33. The van der Waals surface area contributed by atoms with E-state index in [-0.39, 0.29) is 18.6 Å². The summed E-state index contributed by atoms with van der Waals surface area (Å²) in [7, 11) is 0. The number of carboxylic acid groups (broad SMARTS) is 2. The predicted molar refractivity (Wildman–Crippen MR) is 75.9 cm³/mol. The van der Waals surface area contributed by atoms with Gasteiger partial charge >= 0.3 is 11.9 Å². The topological polar surface area (TPSA) is 159 Å². The minimum absolute atomic E-state index is 0.0603. The molecule has 2 amide bonds. The number of thiol groups is 1. The van der Waals surface area contributed by atoms with Crippen molar-refractivity contribution < 1.29 is 29.4 Å². The third kappa shape index (κ3) is 6.95. The Morgan fingerprint density at radius 3 is 2.29 bits per heavy atom. The molecule has 0 saturated carbocycles. The van der Waals surface area contributed by atoms with Crippen LogP contribution in [0.3, 0.4) is 0 Å². The average Bonchev–Trinajstić information content (AvgIpc) is 2.41. The number of nitrogens with one attached hydrogen (secondary N) is 2. The van der Waals surface area contributed by atoms with Crippen LogP contribution in [0.15, 0.2) is 0 Å². The van der Waals surface area contributed by atoms with Crippen LogP contribution in [0.25, 0.3) is 0 Å². The molecule has 0 aromatic carbocycles. The highest BCUT2D eigenvalue weighted by molar-refractivity contribution is 7.80. The molecule has 0 bridgehead atoms. The van der Waals surface area contributed by atoms with Gasteiger partial charge in [0.05, 0.1) is 0 Å². The van der Waals surface area contributed by atoms with Gasteiger partial charge in [0.1, 0.15) is 18.1 Å². The van der Waals surface area contributed by atoms with Crippen molar-refractivity contribution in [1.29, 1.82) is 0 Å². The molecular formula is C11H19N3O6S. The first-order chi connectivity index (χ1) is 9.62. The maximum atomic E-state index is 11.8. The van der Waals surface area contributed by atoms with Gasteiger partial charge in [0.25, 0.3) is 0 Å². The molecule has 0 aliphatic heterocycles. The Morgan fingerprint density at radius 1 is 1.29 bits per heavy atom. The van der Waals surface area contributed by atoms with Gasteiger partial charge in [-0.15, -0.1) is 0 Å². The van der Waals surface area contributed by atoms with Crippen molar-refractivity contribution in [2.45, 2.75) is 31.3 Å². The summed E-state index contributed by atoms with van der Waals surface area (Å²) >= 11 is 3.96. The molecule has 0 aliphatic rings. The molecule has 6 N–H and O–H groups in total. The molecule has 0 spiro atoms. The van der Waals surface area contributed by atoms with E-state index in [1.54, 1.807) is 0 Å².